The van der Waals surface area contributed by atoms with Crippen LogP contribution in [0.5, 0.6) is 0 Å². The molecule has 2 aromatic carbocycles. The number of esters is 1. The van der Waals surface area contributed by atoms with E-state index in [0.717, 1.165) is 15.6 Å². The SMILES string of the molecule is O=C(OCC(=O)N1CCc2ccccc2C1)c1ccccc1I. The fraction of sp³-hybridized carbons (Fsp3) is 0.222. The molecule has 0 unspecified atom stereocenters. The Morgan fingerprint density at radius 2 is 1.74 bits per heavy atom. The van der Waals surface area contributed by atoms with Crippen molar-refractivity contribution in [2.75, 3.05) is 13.2 Å². The molecule has 118 valence electrons. The predicted octanol–water partition coefficient (Wildman–Crippen LogP) is 3.03. The van der Waals surface area contributed by atoms with Gasteiger partial charge in [-0.3, -0.25) is 4.79 Å². The Kier molecular flexibility index (Phi) is 4.95. The number of rotatable bonds is 3. The Labute approximate surface area is 148 Å². The van der Waals surface area contributed by atoms with Gasteiger partial charge in [-0.2, -0.15) is 0 Å². The first-order valence-corrected chi connectivity index (χ1v) is 8.49. The van der Waals surface area contributed by atoms with Gasteiger partial charge in [-0.15, -0.1) is 0 Å². The molecule has 0 atom stereocenters. The molecule has 23 heavy (non-hydrogen) atoms. The summed E-state index contributed by atoms with van der Waals surface area (Å²) >= 11 is 2.08. The maximum absolute atomic E-state index is 12.3. The van der Waals surface area contributed by atoms with E-state index in [4.69, 9.17) is 4.74 Å². The van der Waals surface area contributed by atoms with Gasteiger partial charge in [0, 0.05) is 16.7 Å². The number of fused-ring (bicyclic) bond motifs is 1. The molecule has 1 aliphatic rings. The zero-order valence-electron chi connectivity index (χ0n) is 12.5. The van der Waals surface area contributed by atoms with Crippen molar-refractivity contribution in [2.24, 2.45) is 0 Å². The quantitative estimate of drug-likeness (QED) is 0.566. The van der Waals surface area contributed by atoms with E-state index in [2.05, 4.69) is 28.7 Å². The largest absolute Gasteiger partial charge is 0.452 e. The van der Waals surface area contributed by atoms with Crippen LogP contribution in [0.3, 0.4) is 0 Å². The highest BCUT2D eigenvalue weighted by atomic mass is 127. The molecule has 1 aliphatic heterocycles. The number of hydrogen-bond donors (Lipinski definition) is 0. The van der Waals surface area contributed by atoms with Crippen LogP contribution in [0.4, 0.5) is 0 Å². The smallest absolute Gasteiger partial charge is 0.339 e. The summed E-state index contributed by atoms with van der Waals surface area (Å²) in [7, 11) is 0. The second kappa shape index (κ2) is 7.12. The Morgan fingerprint density at radius 1 is 1.04 bits per heavy atom. The van der Waals surface area contributed by atoms with Crippen LogP contribution in [0.25, 0.3) is 0 Å². The summed E-state index contributed by atoms with van der Waals surface area (Å²) in [6, 6.07) is 15.3. The van der Waals surface area contributed by atoms with Crippen molar-refractivity contribution in [3.05, 3.63) is 68.8 Å². The van der Waals surface area contributed by atoms with Crippen LogP contribution in [0, 0.1) is 3.57 Å². The number of ether oxygens (including phenoxy) is 1. The molecule has 2 aromatic rings. The van der Waals surface area contributed by atoms with Crippen molar-refractivity contribution < 1.29 is 14.3 Å². The summed E-state index contributed by atoms with van der Waals surface area (Å²) in [5.41, 5.74) is 2.94. The first-order valence-electron chi connectivity index (χ1n) is 7.41. The van der Waals surface area contributed by atoms with Crippen molar-refractivity contribution in [1.82, 2.24) is 4.90 Å². The van der Waals surface area contributed by atoms with E-state index >= 15 is 0 Å². The van der Waals surface area contributed by atoms with E-state index in [1.807, 2.05) is 30.3 Å². The van der Waals surface area contributed by atoms with Crippen molar-refractivity contribution >= 4 is 34.5 Å². The Balaban J connectivity index is 1.58. The van der Waals surface area contributed by atoms with Crippen LogP contribution >= 0.6 is 22.6 Å². The molecule has 3 rings (SSSR count). The van der Waals surface area contributed by atoms with Crippen LogP contribution in [0.2, 0.25) is 0 Å². The molecule has 0 bridgehead atoms. The summed E-state index contributed by atoms with van der Waals surface area (Å²) < 4.78 is 5.99. The van der Waals surface area contributed by atoms with Crippen molar-refractivity contribution in [2.45, 2.75) is 13.0 Å². The summed E-state index contributed by atoms with van der Waals surface area (Å²) in [4.78, 5) is 26.1. The van der Waals surface area contributed by atoms with Crippen LogP contribution in [-0.2, 0) is 22.5 Å². The minimum absolute atomic E-state index is 0.154. The summed E-state index contributed by atoms with van der Waals surface area (Å²) in [6.45, 7) is 1.03. The van der Waals surface area contributed by atoms with Crippen molar-refractivity contribution in [3.8, 4) is 0 Å². The molecule has 1 amide bonds. The molecule has 0 fully saturated rings. The van der Waals surface area contributed by atoms with Gasteiger partial charge in [0.25, 0.3) is 5.91 Å². The predicted molar refractivity (Wildman–Crippen MR) is 95.0 cm³/mol. The van der Waals surface area contributed by atoms with E-state index in [1.54, 1.807) is 17.0 Å². The molecule has 1 heterocycles. The zero-order valence-corrected chi connectivity index (χ0v) is 14.7. The van der Waals surface area contributed by atoms with Gasteiger partial charge < -0.3 is 9.64 Å². The van der Waals surface area contributed by atoms with E-state index in [0.29, 0.717) is 18.7 Å². The Bertz CT molecular complexity index is 745. The van der Waals surface area contributed by atoms with Crippen LogP contribution in [0.1, 0.15) is 21.5 Å². The van der Waals surface area contributed by atoms with Gasteiger partial charge in [-0.05, 0) is 52.3 Å². The Hall–Kier alpha value is -1.89. The minimum atomic E-state index is -0.458. The average molecular weight is 421 g/mol. The second-order valence-corrected chi connectivity index (χ2v) is 6.55. The van der Waals surface area contributed by atoms with Gasteiger partial charge in [0.15, 0.2) is 6.61 Å². The standard InChI is InChI=1S/C18H16INO3/c19-16-8-4-3-7-15(16)18(22)23-12-17(21)20-10-9-13-5-1-2-6-14(13)11-20/h1-8H,9-12H2. The maximum Gasteiger partial charge on any atom is 0.339 e. The molecule has 0 saturated carbocycles. The highest BCUT2D eigenvalue weighted by molar-refractivity contribution is 14.1. The summed E-state index contributed by atoms with van der Waals surface area (Å²) in [5, 5.41) is 0. The molecular formula is C18H16INO3. The van der Waals surface area contributed by atoms with Gasteiger partial charge >= 0.3 is 5.97 Å². The summed E-state index contributed by atoms with van der Waals surface area (Å²) in [6.07, 6.45) is 0.840. The normalized spacial score (nSPS) is 13.3. The van der Waals surface area contributed by atoms with Gasteiger partial charge in [0.05, 0.1) is 5.56 Å². The average Bonchev–Trinajstić information content (AvgIpc) is 2.59. The number of benzene rings is 2. The molecule has 4 nitrogen and oxygen atoms in total. The molecule has 0 N–H and O–H groups in total. The first kappa shape index (κ1) is 16.0. The third kappa shape index (κ3) is 3.72. The molecule has 0 aromatic heterocycles. The number of carbonyl (C=O) groups excluding carboxylic acids is 2. The number of amides is 1. The Morgan fingerprint density at radius 3 is 2.52 bits per heavy atom. The lowest BCUT2D eigenvalue weighted by Crippen LogP contribution is -2.38. The van der Waals surface area contributed by atoms with Crippen LogP contribution < -0.4 is 0 Å². The van der Waals surface area contributed by atoms with Gasteiger partial charge in [0.2, 0.25) is 0 Å². The topological polar surface area (TPSA) is 46.6 Å². The lowest BCUT2D eigenvalue weighted by atomic mass is 10.00. The maximum atomic E-state index is 12.3. The molecule has 5 heteroatoms. The molecular weight excluding hydrogens is 405 g/mol. The summed E-state index contributed by atoms with van der Waals surface area (Å²) in [5.74, 6) is -0.612. The molecule has 0 saturated heterocycles. The highest BCUT2D eigenvalue weighted by Gasteiger charge is 2.21. The fourth-order valence-electron chi connectivity index (χ4n) is 2.63. The minimum Gasteiger partial charge on any atom is -0.452 e. The fourth-order valence-corrected chi connectivity index (χ4v) is 3.24. The number of nitrogens with zero attached hydrogens (tertiary/aromatic N) is 1. The second-order valence-electron chi connectivity index (χ2n) is 5.39. The molecule has 0 aliphatic carbocycles. The first-order chi connectivity index (χ1) is 11.1. The van der Waals surface area contributed by atoms with E-state index in [9.17, 15) is 9.59 Å². The third-order valence-corrected chi connectivity index (χ3v) is 4.84. The van der Waals surface area contributed by atoms with Gasteiger partial charge in [0.1, 0.15) is 0 Å². The van der Waals surface area contributed by atoms with Gasteiger partial charge in [-0.25, -0.2) is 4.79 Å². The monoisotopic (exact) mass is 421 g/mol. The molecule has 0 radical (unpaired) electrons. The number of hydrogen-bond acceptors (Lipinski definition) is 3. The van der Waals surface area contributed by atoms with Crippen molar-refractivity contribution in [1.29, 1.82) is 0 Å². The van der Waals surface area contributed by atoms with E-state index < -0.39 is 5.97 Å². The van der Waals surface area contributed by atoms with Gasteiger partial charge in [-0.1, -0.05) is 36.4 Å². The van der Waals surface area contributed by atoms with Crippen LogP contribution in [-0.4, -0.2) is 29.9 Å². The lowest BCUT2D eigenvalue weighted by Gasteiger charge is -2.28. The number of halogens is 1. The van der Waals surface area contributed by atoms with Crippen molar-refractivity contribution in [3.63, 3.8) is 0 Å². The third-order valence-electron chi connectivity index (χ3n) is 3.90. The highest BCUT2D eigenvalue weighted by Crippen LogP contribution is 2.18. The van der Waals surface area contributed by atoms with E-state index in [-0.39, 0.29) is 12.5 Å². The van der Waals surface area contributed by atoms with Crippen LogP contribution in [0.15, 0.2) is 48.5 Å². The lowest BCUT2D eigenvalue weighted by molar-refractivity contribution is -0.135. The number of carbonyl (C=O) groups is 2. The molecule has 0 spiro atoms. The zero-order chi connectivity index (χ0) is 16.2. The van der Waals surface area contributed by atoms with E-state index in [1.165, 1.54) is 5.56 Å².